The molecular weight excluding hydrogens is 332 g/mol. The SMILES string of the molecule is O=C1CCCN1CC1CCN(C(=O)c2ccc(N3CC(O)C3)nc2)CC1. The fraction of sp³-hybridized carbons (Fsp3) is 0.632. The molecule has 26 heavy (non-hydrogen) atoms. The van der Waals surface area contributed by atoms with Crippen LogP contribution in [-0.2, 0) is 4.79 Å². The summed E-state index contributed by atoms with van der Waals surface area (Å²) in [5.41, 5.74) is 0.614. The van der Waals surface area contributed by atoms with Gasteiger partial charge in [-0.05, 0) is 37.3 Å². The number of nitrogens with zero attached hydrogens (tertiary/aromatic N) is 4. The number of β-amino-alcohol motifs (C(OH)–C–C–N with tert-alkyl or cyclic N) is 1. The number of aromatic nitrogens is 1. The first-order chi connectivity index (χ1) is 12.6. The van der Waals surface area contributed by atoms with Crippen molar-refractivity contribution in [1.29, 1.82) is 0 Å². The van der Waals surface area contributed by atoms with Gasteiger partial charge in [-0.25, -0.2) is 4.98 Å². The average Bonchev–Trinajstić information content (AvgIpc) is 3.04. The van der Waals surface area contributed by atoms with Crippen molar-refractivity contribution in [2.45, 2.75) is 31.8 Å². The number of hydrogen-bond acceptors (Lipinski definition) is 5. The molecule has 1 N–H and O–H groups in total. The van der Waals surface area contributed by atoms with Crippen molar-refractivity contribution in [1.82, 2.24) is 14.8 Å². The van der Waals surface area contributed by atoms with Gasteiger partial charge in [0.05, 0.1) is 11.7 Å². The van der Waals surface area contributed by atoms with Crippen LogP contribution in [0.2, 0.25) is 0 Å². The van der Waals surface area contributed by atoms with Gasteiger partial charge < -0.3 is 19.8 Å². The van der Waals surface area contributed by atoms with Gasteiger partial charge in [-0.15, -0.1) is 0 Å². The molecule has 0 atom stereocenters. The molecule has 0 radical (unpaired) electrons. The molecule has 0 spiro atoms. The highest BCUT2D eigenvalue weighted by atomic mass is 16.3. The molecule has 7 heteroatoms. The number of anilines is 1. The molecule has 0 aliphatic carbocycles. The fourth-order valence-corrected chi connectivity index (χ4v) is 4.05. The van der Waals surface area contributed by atoms with Crippen molar-refractivity contribution in [2.24, 2.45) is 5.92 Å². The van der Waals surface area contributed by atoms with E-state index in [1.54, 1.807) is 6.20 Å². The van der Waals surface area contributed by atoms with E-state index in [4.69, 9.17) is 0 Å². The summed E-state index contributed by atoms with van der Waals surface area (Å²) in [6, 6.07) is 3.68. The van der Waals surface area contributed by atoms with Crippen molar-refractivity contribution >= 4 is 17.6 Å². The Morgan fingerprint density at radius 3 is 2.54 bits per heavy atom. The Kier molecular flexibility index (Phi) is 4.80. The molecule has 0 bridgehead atoms. The highest BCUT2D eigenvalue weighted by molar-refractivity contribution is 5.94. The fourth-order valence-electron chi connectivity index (χ4n) is 4.05. The predicted octanol–water partition coefficient (Wildman–Crippen LogP) is 0.737. The maximum absolute atomic E-state index is 12.7. The number of aliphatic hydroxyl groups is 1. The predicted molar refractivity (Wildman–Crippen MR) is 96.9 cm³/mol. The van der Waals surface area contributed by atoms with Crippen LogP contribution >= 0.6 is 0 Å². The molecule has 1 aromatic rings. The molecule has 2 amide bonds. The standard InChI is InChI=1S/C19H26N4O3/c24-16-12-23(13-16)17-4-3-15(10-20-17)19(26)21-8-5-14(6-9-21)11-22-7-1-2-18(22)25/h3-4,10,14,16,24H,1-2,5-9,11-13H2. The zero-order chi connectivity index (χ0) is 18.1. The molecule has 4 heterocycles. The third-order valence-electron chi connectivity index (χ3n) is 5.73. The summed E-state index contributed by atoms with van der Waals surface area (Å²) in [5, 5.41) is 9.37. The van der Waals surface area contributed by atoms with Crippen LogP contribution in [0.3, 0.4) is 0 Å². The largest absolute Gasteiger partial charge is 0.389 e. The lowest BCUT2D eigenvalue weighted by Crippen LogP contribution is -2.51. The zero-order valence-corrected chi connectivity index (χ0v) is 15.0. The second-order valence-electron chi connectivity index (χ2n) is 7.64. The molecule has 140 valence electrons. The normalized spacial score (nSPS) is 22.0. The summed E-state index contributed by atoms with van der Waals surface area (Å²) < 4.78 is 0. The summed E-state index contributed by atoms with van der Waals surface area (Å²) in [7, 11) is 0. The Hall–Kier alpha value is -2.15. The minimum absolute atomic E-state index is 0.0309. The van der Waals surface area contributed by atoms with Gasteiger partial charge in [0.15, 0.2) is 0 Å². The molecule has 0 saturated carbocycles. The lowest BCUT2D eigenvalue weighted by Gasteiger charge is -2.37. The minimum atomic E-state index is -0.268. The molecule has 0 aromatic carbocycles. The van der Waals surface area contributed by atoms with E-state index < -0.39 is 0 Å². The molecule has 1 aromatic heterocycles. The molecule has 0 unspecified atom stereocenters. The van der Waals surface area contributed by atoms with Crippen LogP contribution in [0.25, 0.3) is 0 Å². The number of aliphatic hydroxyl groups excluding tert-OH is 1. The van der Waals surface area contributed by atoms with Crippen LogP contribution in [0.1, 0.15) is 36.0 Å². The number of carbonyl (C=O) groups excluding carboxylic acids is 2. The summed E-state index contributed by atoms with van der Waals surface area (Å²) in [4.78, 5) is 34.7. The van der Waals surface area contributed by atoms with Crippen molar-refractivity contribution in [3.63, 3.8) is 0 Å². The van der Waals surface area contributed by atoms with Gasteiger partial charge in [-0.3, -0.25) is 9.59 Å². The van der Waals surface area contributed by atoms with Crippen molar-refractivity contribution < 1.29 is 14.7 Å². The number of rotatable bonds is 4. The Morgan fingerprint density at radius 2 is 1.96 bits per heavy atom. The van der Waals surface area contributed by atoms with Gasteiger partial charge in [0.25, 0.3) is 5.91 Å². The second-order valence-corrected chi connectivity index (χ2v) is 7.64. The highest BCUT2D eigenvalue weighted by Gasteiger charge is 2.29. The smallest absolute Gasteiger partial charge is 0.255 e. The summed E-state index contributed by atoms with van der Waals surface area (Å²) >= 11 is 0. The van der Waals surface area contributed by atoms with E-state index in [-0.39, 0.29) is 17.9 Å². The van der Waals surface area contributed by atoms with Gasteiger partial charge in [-0.2, -0.15) is 0 Å². The molecule has 3 aliphatic rings. The van der Waals surface area contributed by atoms with E-state index in [0.717, 1.165) is 51.3 Å². The number of carbonyl (C=O) groups is 2. The molecule has 7 nitrogen and oxygen atoms in total. The second kappa shape index (κ2) is 7.23. The first kappa shape index (κ1) is 17.3. The van der Waals surface area contributed by atoms with Crippen LogP contribution in [0, 0.1) is 5.92 Å². The first-order valence-corrected chi connectivity index (χ1v) is 9.56. The van der Waals surface area contributed by atoms with Gasteiger partial charge in [-0.1, -0.05) is 0 Å². The molecular formula is C19H26N4O3. The number of pyridine rings is 1. The monoisotopic (exact) mass is 358 g/mol. The van der Waals surface area contributed by atoms with Crippen LogP contribution in [0.15, 0.2) is 18.3 Å². The maximum atomic E-state index is 12.7. The molecule has 3 fully saturated rings. The number of hydrogen-bond donors (Lipinski definition) is 1. The lowest BCUT2D eigenvalue weighted by atomic mass is 9.96. The van der Waals surface area contributed by atoms with E-state index in [0.29, 0.717) is 31.0 Å². The Balaban J connectivity index is 1.28. The van der Waals surface area contributed by atoms with E-state index in [2.05, 4.69) is 4.98 Å². The zero-order valence-electron chi connectivity index (χ0n) is 15.0. The quantitative estimate of drug-likeness (QED) is 0.859. The van der Waals surface area contributed by atoms with Crippen LogP contribution in [0.5, 0.6) is 0 Å². The van der Waals surface area contributed by atoms with Crippen LogP contribution in [0.4, 0.5) is 5.82 Å². The van der Waals surface area contributed by atoms with Gasteiger partial charge in [0.2, 0.25) is 5.91 Å². The third kappa shape index (κ3) is 3.53. The topological polar surface area (TPSA) is 77.0 Å². The van der Waals surface area contributed by atoms with E-state index in [1.165, 1.54) is 0 Å². The minimum Gasteiger partial charge on any atom is -0.389 e. The summed E-state index contributed by atoms with van der Waals surface area (Å²) in [6.07, 6.45) is 4.94. The van der Waals surface area contributed by atoms with E-state index in [1.807, 2.05) is 26.8 Å². The molecule has 3 aliphatic heterocycles. The molecule has 3 saturated heterocycles. The summed E-state index contributed by atoms with van der Waals surface area (Å²) in [6.45, 7) is 4.43. The van der Waals surface area contributed by atoms with E-state index in [9.17, 15) is 14.7 Å². The Morgan fingerprint density at radius 1 is 1.19 bits per heavy atom. The first-order valence-electron chi connectivity index (χ1n) is 9.56. The van der Waals surface area contributed by atoms with Gasteiger partial charge in [0.1, 0.15) is 5.82 Å². The third-order valence-corrected chi connectivity index (χ3v) is 5.73. The summed E-state index contributed by atoms with van der Waals surface area (Å²) in [5.74, 6) is 1.62. The van der Waals surface area contributed by atoms with E-state index >= 15 is 0 Å². The Bertz CT molecular complexity index is 664. The van der Waals surface area contributed by atoms with Gasteiger partial charge >= 0.3 is 0 Å². The number of likely N-dealkylation sites (tertiary alicyclic amines) is 2. The molecule has 4 rings (SSSR count). The van der Waals surface area contributed by atoms with Crippen molar-refractivity contribution in [3.05, 3.63) is 23.9 Å². The van der Waals surface area contributed by atoms with Crippen molar-refractivity contribution in [3.8, 4) is 0 Å². The van der Waals surface area contributed by atoms with Crippen molar-refractivity contribution in [2.75, 3.05) is 44.2 Å². The Labute approximate surface area is 153 Å². The maximum Gasteiger partial charge on any atom is 0.255 e. The lowest BCUT2D eigenvalue weighted by molar-refractivity contribution is -0.128. The average molecular weight is 358 g/mol. The van der Waals surface area contributed by atoms with Crippen LogP contribution < -0.4 is 4.90 Å². The highest BCUT2D eigenvalue weighted by Crippen LogP contribution is 2.23. The number of piperidine rings is 1. The van der Waals surface area contributed by atoms with Gasteiger partial charge in [0, 0.05) is 51.9 Å². The number of amides is 2. The van der Waals surface area contributed by atoms with Crippen LogP contribution in [-0.4, -0.2) is 77.1 Å².